The lowest BCUT2D eigenvalue weighted by molar-refractivity contribution is 0.271. The smallest absolute Gasteiger partial charge is 0.244 e. The fourth-order valence-electron chi connectivity index (χ4n) is 1.76. The van der Waals surface area contributed by atoms with Crippen LogP contribution in [0.1, 0.15) is 18.9 Å². The van der Waals surface area contributed by atoms with Gasteiger partial charge in [-0.05, 0) is 24.6 Å². The summed E-state index contributed by atoms with van der Waals surface area (Å²) in [5.41, 5.74) is 0.534. The molecule has 2 N–H and O–H groups in total. The third-order valence-electron chi connectivity index (χ3n) is 2.78. The number of aliphatic hydroxyl groups excluding tert-OH is 2. The summed E-state index contributed by atoms with van der Waals surface area (Å²) in [6.07, 6.45) is 0.366. The van der Waals surface area contributed by atoms with E-state index in [2.05, 4.69) is 11.8 Å². The molecule has 0 unspecified atom stereocenters. The molecule has 0 aromatic heterocycles. The number of hydrogen-bond acceptors (Lipinski definition) is 4. The maximum absolute atomic E-state index is 12.5. The van der Waals surface area contributed by atoms with Gasteiger partial charge in [0.2, 0.25) is 10.0 Å². The molecule has 116 valence electrons. The van der Waals surface area contributed by atoms with Gasteiger partial charge >= 0.3 is 0 Å². The molecule has 5 nitrogen and oxygen atoms in total. The van der Waals surface area contributed by atoms with Gasteiger partial charge in [-0.15, -0.1) is 0 Å². The molecule has 0 aliphatic heterocycles. The minimum absolute atomic E-state index is 0.0125. The molecular formula is C14H18ClNO4S. The van der Waals surface area contributed by atoms with E-state index in [1.165, 1.54) is 16.4 Å². The Morgan fingerprint density at radius 3 is 2.57 bits per heavy atom. The van der Waals surface area contributed by atoms with E-state index >= 15 is 0 Å². The first-order valence-corrected chi connectivity index (χ1v) is 8.29. The quantitative estimate of drug-likeness (QED) is 0.765. The molecular weight excluding hydrogens is 314 g/mol. The zero-order valence-electron chi connectivity index (χ0n) is 11.7. The zero-order valence-corrected chi connectivity index (χ0v) is 13.3. The monoisotopic (exact) mass is 331 g/mol. The van der Waals surface area contributed by atoms with Crippen LogP contribution in [0, 0.1) is 11.8 Å². The zero-order chi connectivity index (χ0) is 15.9. The molecule has 0 saturated carbocycles. The van der Waals surface area contributed by atoms with Gasteiger partial charge in [0, 0.05) is 25.3 Å². The fourth-order valence-corrected chi connectivity index (χ4v) is 3.77. The topological polar surface area (TPSA) is 77.8 Å². The highest BCUT2D eigenvalue weighted by Crippen LogP contribution is 2.25. The normalized spacial score (nSPS) is 11.3. The molecule has 1 aromatic rings. The van der Waals surface area contributed by atoms with Crippen LogP contribution < -0.4 is 0 Å². The van der Waals surface area contributed by atoms with Crippen LogP contribution in [0.15, 0.2) is 23.1 Å². The van der Waals surface area contributed by atoms with E-state index in [1.54, 1.807) is 13.0 Å². The molecule has 0 fully saturated rings. The summed E-state index contributed by atoms with van der Waals surface area (Å²) < 4.78 is 26.3. The third kappa shape index (κ3) is 4.70. The molecule has 0 aliphatic rings. The molecule has 0 spiro atoms. The van der Waals surface area contributed by atoms with Crippen molar-refractivity contribution < 1.29 is 18.6 Å². The lowest BCUT2D eigenvalue weighted by atomic mass is 10.2. The summed E-state index contributed by atoms with van der Waals surface area (Å²) in [6.45, 7) is 1.91. The van der Waals surface area contributed by atoms with Crippen LogP contribution in [-0.4, -0.2) is 49.2 Å². The lowest BCUT2D eigenvalue weighted by Gasteiger charge is -2.20. The molecule has 0 atom stereocenters. The molecule has 0 saturated heterocycles. The average Bonchev–Trinajstić information content (AvgIpc) is 2.45. The number of rotatable bonds is 6. The Bertz CT molecular complexity index is 634. The standard InChI is InChI=1S/C14H18ClNO4S/c1-2-16(8-4-10-18)21(19,20)14-7-6-12(5-3-9-17)11-13(14)15/h6-7,11,17-18H,2,4,8-10H2,1H3. The second-order valence-corrected chi connectivity index (χ2v) is 6.49. The number of sulfonamides is 1. The van der Waals surface area contributed by atoms with Gasteiger partial charge in [0.25, 0.3) is 0 Å². The minimum Gasteiger partial charge on any atom is -0.396 e. The molecule has 1 aromatic carbocycles. The summed E-state index contributed by atoms with van der Waals surface area (Å²) in [5.74, 6) is 5.14. The van der Waals surface area contributed by atoms with Gasteiger partial charge in [-0.25, -0.2) is 8.42 Å². The maximum Gasteiger partial charge on any atom is 0.244 e. The summed E-state index contributed by atoms with van der Waals surface area (Å²) in [5, 5.41) is 17.6. The maximum atomic E-state index is 12.5. The summed E-state index contributed by atoms with van der Waals surface area (Å²) >= 11 is 6.04. The van der Waals surface area contributed by atoms with E-state index in [4.69, 9.17) is 21.8 Å². The van der Waals surface area contributed by atoms with E-state index in [1.807, 2.05) is 0 Å². The van der Waals surface area contributed by atoms with Crippen molar-refractivity contribution in [3.8, 4) is 11.8 Å². The molecule has 0 amide bonds. The average molecular weight is 332 g/mol. The van der Waals surface area contributed by atoms with Crippen LogP contribution in [0.4, 0.5) is 0 Å². The fraction of sp³-hybridized carbons (Fsp3) is 0.429. The number of nitrogens with zero attached hydrogens (tertiary/aromatic N) is 1. The van der Waals surface area contributed by atoms with Crippen LogP contribution in [0.25, 0.3) is 0 Å². The van der Waals surface area contributed by atoms with Gasteiger partial charge in [0.15, 0.2) is 0 Å². The Morgan fingerprint density at radius 2 is 2.05 bits per heavy atom. The second kappa shape index (κ2) is 8.37. The predicted molar refractivity (Wildman–Crippen MR) is 81.6 cm³/mol. The van der Waals surface area contributed by atoms with Crippen molar-refractivity contribution in [2.75, 3.05) is 26.3 Å². The Hall–Kier alpha value is -1.10. The van der Waals surface area contributed by atoms with Gasteiger partial charge in [0.05, 0.1) is 5.02 Å². The van der Waals surface area contributed by atoms with Gasteiger partial charge in [-0.1, -0.05) is 30.4 Å². The Labute approximate surface area is 130 Å². The van der Waals surface area contributed by atoms with E-state index < -0.39 is 10.0 Å². The van der Waals surface area contributed by atoms with Crippen LogP contribution in [-0.2, 0) is 10.0 Å². The van der Waals surface area contributed by atoms with Crippen molar-refractivity contribution >= 4 is 21.6 Å². The van der Waals surface area contributed by atoms with E-state index in [9.17, 15) is 8.42 Å². The number of halogens is 1. The largest absolute Gasteiger partial charge is 0.396 e. The van der Waals surface area contributed by atoms with Crippen molar-refractivity contribution in [3.63, 3.8) is 0 Å². The van der Waals surface area contributed by atoms with Crippen LogP contribution in [0.3, 0.4) is 0 Å². The van der Waals surface area contributed by atoms with Crippen LogP contribution >= 0.6 is 11.6 Å². The van der Waals surface area contributed by atoms with E-state index in [0.29, 0.717) is 18.5 Å². The van der Waals surface area contributed by atoms with Gasteiger partial charge < -0.3 is 10.2 Å². The highest BCUT2D eigenvalue weighted by Gasteiger charge is 2.25. The molecule has 0 bridgehead atoms. The lowest BCUT2D eigenvalue weighted by Crippen LogP contribution is -2.32. The molecule has 7 heteroatoms. The minimum atomic E-state index is -3.70. The number of aliphatic hydroxyl groups is 2. The second-order valence-electron chi connectivity index (χ2n) is 4.18. The Morgan fingerprint density at radius 1 is 1.33 bits per heavy atom. The number of benzene rings is 1. The first kappa shape index (κ1) is 18.0. The Kier molecular flexibility index (Phi) is 7.15. The van der Waals surface area contributed by atoms with Gasteiger partial charge in [0.1, 0.15) is 11.5 Å². The number of hydrogen-bond donors (Lipinski definition) is 2. The first-order chi connectivity index (χ1) is 9.97. The first-order valence-electron chi connectivity index (χ1n) is 6.47. The van der Waals surface area contributed by atoms with Gasteiger partial charge in [-0.3, -0.25) is 0 Å². The van der Waals surface area contributed by atoms with E-state index in [0.717, 1.165) is 0 Å². The summed E-state index contributed by atoms with van der Waals surface area (Å²) in [6, 6.07) is 4.40. The molecule has 1 rings (SSSR count). The van der Waals surface area contributed by atoms with Gasteiger partial charge in [-0.2, -0.15) is 4.31 Å². The highest BCUT2D eigenvalue weighted by molar-refractivity contribution is 7.89. The SMILES string of the molecule is CCN(CCCO)S(=O)(=O)c1ccc(C#CCO)cc1Cl. The van der Waals surface area contributed by atoms with Crippen molar-refractivity contribution in [1.82, 2.24) is 4.31 Å². The molecule has 21 heavy (non-hydrogen) atoms. The highest BCUT2D eigenvalue weighted by atomic mass is 35.5. The van der Waals surface area contributed by atoms with Crippen molar-refractivity contribution in [1.29, 1.82) is 0 Å². The van der Waals surface area contributed by atoms with Crippen LogP contribution in [0.5, 0.6) is 0 Å². The predicted octanol–water partition coefficient (Wildman–Crippen LogP) is 1.08. The van der Waals surface area contributed by atoms with Crippen molar-refractivity contribution in [2.24, 2.45) is 0 Å². The summed E-state index contributed by atoms with van der Waals surface area (Å²) in [7, 11) is -3.70. The van der Waals surface area contributed by atoms with E-state index in [-0.39, 0.29) is 29.7 Å². The molecule has 0 aliphatic carbocycles. The third-order valence-corrected chi connectivity index (χ3v) is 5.24. The summed E-state index contributed by atoms with van der Waals surface area (Å²) in [4.78, 5) is 0.0125. The van der Waals surface area contributed by atoms with Crippen LogP contribution in [0.2, 0.25) is 5.02 Å². The van der Waals surface area contributed by atoms with Crippen molar-refractivity contribution in [2.45, 2.75) is 18.2 Å². The molecule has 0 heterocycles. The Balaban J connectivity index is 3.13. The van der Waals surface area contributed by atoms with Crippen molar-refractivity contribution in [3.05, 3.63) is 28.8 Å². The molecule has 0 radical (unpaired) electrons.